The third-order valence-corrected chi connectivity index (χ3v) is 7.86. The minimum atomic E-state index is -0.492. The molecule has 2 aliphatic rings. The molecule has 104 valence electrons. The summed E-state index contributed by atoms with van der Waals surface area (Å²) in [5, 5.41) is 0. The Morgan fingerprint density at radius 1 is 1.00 bits per heavy atom. The number of fused-ring (bicyclic) bond motifs is 1. The molecule has 0 fully saturated rings. The van der Waals surface area contributed by atoms with E-state index >= 15 is 0 Å². The van der Waals surface area contributed by atoms with Crippen LogP contribution in [0.4, 0.5) is 0 Å². The fourth-order valence-corrected chi connectivity index (χ4v) is 6.58. The molecular formula is C17H18Cl2Zr. The standard InChI is InChI=1S/C12H13.C5H5.2ClH.Zr/c1-8-6-10(3)12-9(2)4-5-11(12)7-8;1-2-4-5-3-1;;;/h5-7,9H,1-3H3;1-5H;2*1H;/q;;;;+2/p-2. The van der Waals surface area contributed by atoms with E-state index in [1.807, 2.05) is 0 Å². The second kappa shape index (κ2) is 7.25. The number of aryl methyl sites for hydroxylation is 2. The molecule has 0 aliphatic heterocycles. The van der Waals surface area contributed by atoms with Gasteiger partial charge < -0.3 is 24.8 Å². The number of allylic oxidation sites excluding steroid dienone is 5. The van der Waals surface area contributed by atoms with Gasteiger partial charge >= 0.3 is 122 Å². The minimum absolute atomic E-state index is 0. The zero-order valence-corrected chi connectivity index (χ0v) is 15.9. The molecule has 0 saturated heterocycles. The third-order valence-electron chi connectivity index (χ3n) is 3.86. The first-order valence-electron chi connectivity index (χ1n) is 6.59. The van der Waals surface area contributed by atoms with Gasteiger partial charge in [-0.2, -0.15) is 0 Å². The summed E-state index contributed by atoms with van der Waals surface area (Å²) in [5.41, 5.74) is 5.94. The molecule has 0 aromatic heterocycles. The molecule has 1 atom stereocenters. The van der Waals surface area contributed by atoms with Crippen molar-refractivity contribution in [2.24, 2.45) is 0 Å². The van der Waals surface area contributed by atoms with Gasteiger partial charge in [0.25, 0.3) is 0 Å². The molecule has 0 heterocycles. The Kier molecular flexibility index (Phi) is 6.51. The van der Waals surface area contributed by atoms with Crippen molar-refractivity contribution < 1.29 is 48.0 Å². The predicted molar refractivity (Wildman–Crippen MR) is 74.3 cm³/mol. The number of rotatable bonds is 2. The molecule has 3 rings (SSSR count). The average molecular weight is 384 g/mol. The van der Waals surface area contributed by atoms with Gasteiger partial charge in [-0.1, -0.05) is 0 Å². The molecule has 3 heteroatoms. The fourth-order valence-electron chi connectivity index (χ4n) is 3.06. The maximum atomic E-state index is 2.49. The van der Waals surface area contributed by atoms with Gasteiger partial charge in [0, 0.05) is 0 Å². The van der Waals surface area contributed by atoms with Crippen LogP contribution in [-0.4, -0.2) is 0 Å². The number of hydrogen-bond acceptors (Lipinski definition) is 0. The average Bonchev–Trinajstić information content (AvgIpc) is 2.88. The molecule has 0 radical (unpaired) electrons. The number of halogens is 2. The summed E-state index contributed by atoms with van der Waals surface area (Å²) < 4.78 is 2.53. The Morgan fingerprint density at radius 2 is 1.65 bits per heavy atom. The van der Waals surface area contributed by atoms with E-state index in [9.17, 15) is 0 Å². The monoisotopic (exact) mass is 382 g/mol. The summed E-state index contributed by atoms with van der Waals surface area (Å²) in [6.45, 7) is 6.86. The van der Waals surface area contributed by atoms with Crippen molar-refractivity contribution in [3.63, 3.8) is 0 Å². The van der Waals surface area contributed by atoms with E-state index in [0.717, 1.165) is 3.63 Å². The fraction of sp³-hybridized carbons (Fsp3) is 0.294. The van der Waals surface area contributed by atoms with Crippen LogP contribution in [-0.2, 0) is 23.2 Å². The molecule has 2 aliphatic carbocycles. The van der Waals surface area contributed by atoms with E-state index in [4.69, 9.17) is 0 Å². The van der Waals surface area contributed by atoms with Gasteiger partial charge in [0.2, 0.25) is 0 Å². The molecule has 0 amide bonds. The molecule has 1 aromatic rings. The van der Waals surface area contributed by atoms with Crippen LogP contribution in [0.1, 0.15) is 35.1 Å². The van der Waals surface area contributed by atoms with E-state index in [1.165, 1.54) is 16.7 Å². The molecule has 1 aromatic carbocycles. The first-order valence-corrected chi connectivity index (χ1v) is 9.24. The number of hydrogen-bond donors (Lipinski definition) is 0. The van der Waals surface area contributed by atoms with Crippen molar-refractivity contribution in [2.45, 2.75) is 30.3 Å². The van der Waals surface area contributed by atoms with Crippen LogP contribution in [0.25, 0.3) is 6.08 Å². The van der Waals surface area contributed by atoms with Crippen molar-refractivity contribution in [1.82, 2.24) is 0 Å². The molecular weight excluding hydrogens is 366 g/mol. The van der Waals surface area contributed by atoms with Crippen LogP contribution in [0, 0.1) is 13.8 Å². The van der Waals surface area contributed by atoms with Crippen LogP contribution in [0.15, 0.2) is 39.7 Å². The summed E-state index contributed by atoms with van der Waals surface area (Å²) in [4.78, 5) is 0. The third kappa shape index (κ3) is 3.38. The summed E-state index contributed by atoms with van der Waals surface area (Å²) in [6.07, 6.45) is 11.6. The van der Waals surface area contributed by atoms with Gasteiger partial charge in [-0.15, -0.1) is 0 Å². The Hall–Kier alpha value is -0.0969. The molecule has 0 N–H and O–H groups in total. The van der Waals surface area contributed by atoms with E-state index in [2.05, 4.69) is 63.3 Å². The van der Waals surface area contributed by atoms with Gasteiger partial charge in [0.05, 0.1) is 0 Å². The quantitative estimate of drug-likeness (QED) is 0.599. The van der Waals surface area contributed by atoms with E-state index < -0.39 is 23.2 Å². The van der Waals surface area contributed by atoms with Crippen LogP contribution >= 0.6 is 0 Å². The molecule has 0 bridgehead atoms. The SMILES string of the molecule is Cc1cc(C)c2c(c1)C=[C]([Zr+2][CH]1C=CC=C1)C2C.[Cl-].[Cl-]. The molecule has 0 saturated carbocycles. The van der Waals surface area contributed by atoms with E-state index in [0.29, 0.717) is 5.92 Å². The number of benzene rings is 1. The van der Waals surface area contributed by atoms with Crippen LogP contribution in [0.5, 0.6) is 0 Å². The summed E-state index contributed by atoms with van der Waals surface area (Å²) in [5.74, 6) is 0.662. The van der Waals surface area contributed by atoms with Gasteiger partial charge in [-0.25, -0.2) is 0 Å². The van der Waals surface area contributed by atoms with E-state index in [1.54, 1.807) is 8.84 Å². The normalized spacial score (nSPS) is 18.9. The molecule has 0 spiro atoms. The Labute approximate surface area is 145 Å². The van der Waals surface area contributed by atoms with Crippen molar-refractivity contribution in [3.8, 4) is 0 Å². The first kappa shape index (κ1) is 18.0. The minimum Gasteiger partial charge on any atom is -1.00 e. The van der Waals surface area contributed by atoms with Gasteiger partial charge in [0.1, 0.15) is 0 Å². The van der Waals surface area contributed by atoms with Crippen molar-refractivity contribution in [2.75, 3.05) is 0 Å². The maximum absolute atomic E-state index is 2.49. The first-order chi connectivity index (χ1) is 8.65. The van der Waals surface area contributed by atoms with E-state index in [-0.39, 0.29) is 24.8 Å². The second-order valence-corrected chi connectivity index (χ2v) is 9.11. The zero-order valence-electron chi connectivity index (χ0n) is 12.0. The van der Waals surface area contributed by atoms with Gasteiger partial charge in [-0.3, -0.25) is 0 Å². The van der Waals surface area contributed by atoms with Crippen LogP contribution in [0.2, 0.25) is 3.63 Å². The predicted octanol–water partition coefficient (Wildman–Crippen LogP) is -1.23. The van der Waals surface area contributed by atoms with Crippen molar-refractivity contribution in [3.05, 3.63) is 62.0 Å². The smallest absolute Gasteiger partial charge is 1.00 e. The second-order valence-electron chi connectivity index (χ2n) is 5.35. The van der Waals surface area contributed by atoms with Crippen LogP contribution in [0.3, 0.4) is 0 Å². The largest absolute Gasteiger partial charge is 1.00 e. The Bertz CT molecular complexity index is 573. The van der Waals surface area contributed by atoms with Gasteiger partial charge in [-0.05, 0) is 0 Å². The maximum Gasteiger partial charge on any atom is -1.00 e. The summed E-state index contributed by atoms with van der Waals surface area (Å²) in [7, 11) is 0. The Morgan fingerprint density at radius 3 is 2.30 bits per heavy atom. The summed E-state index contributed by atoms with van der Waals surface area (Å²) in [6, 6.07) is 4.68. The summed E-state index contributed by atoms with van der Waals surface area (Å²) >= 11 is -0.492. The topological polar surface area (TPSA) is 0 Å². The van der Waals surface area contributed by atoms with Crippen molar-refractivity contribution >= 4 is 6.08 Å². The van der Waals surface area contributed by atoms with Crippen LogP contribution < -0.4 is 24.8 Å². The Balaban J connectivity index is 0.000001000. The zero-order chi connectivity index (χ0) is 12.7. The molecule has 0 nitrogen and oxygen atoms in total. The van der Waals surface area contributed by atoms with Gasteiger partial charge in [0.15, 0.2) is 0 Å². The molecule has 1 unspecified atom stereocenters. The van der Waals surface area contributed by atoms with Crippen molar-refractivity contribution in [1.29, 1.82) is 0 Å². The molecule has 20 heavy (non-hydrogen) atoms.